The first-order chi connectivity index (χ1) is 6.72. The van der Waals surface area contributed by atoms with Crippen molar-refractivity contribution in [3.05, 3.63) is 0 Å². The van der Waals surface area contributed by atoms with E-state index in [1.54, 1.807) is 0 Å². The molecule has 0 bridgehead atoms. The smallest absolute Gasteiger partial charge is 0.0686 e. The predicted molar refractivity (Wildman–Crippen MR) is 60.9 cm³/mol. The number of nitrogens with zero attached hydrogens (tertiary/aromatic N) is 1. The summed E-state index contributed by atoms with van der Waals surface area (Å²) in [6, 6.07) is 0.737. The van der Waals surface area contributed by atoms with Crippen LogP contribution < -0.4 is 5.73 Å². The van der Waals surface area contributed by atoms with Crippen molar-refractivity contribution in [1.29, 1.82) is 0 Å². The molecule has 1 heterocycles. The average molecular weight is 194 g/mol. The van der Waals surface area contributed by atoms with Gasteiger partial charge in [0.15, 0.2) is 0 Å². The van der Waals surface area contributed by atoms with E-state index in [1.165, 1.54) is 19.3 Å². The van der Waals surface area contributed by atoms with Crippen molar-refractivity contribution in [3.8, 4) is 12.3 Å². The Morgan fingerprint density at radius 2 is 2.36 bits per heavy atom. The van der Waals surface area contributed by atoms with Crippen molar-refractivity contribution in [3.63, 3.8) is 0 Å². The van der Waals surface area contributed by atoms with E-state index in [2.05, 4.69) is 24.7 Å². The molecule has 2 nitrogen and oxygen atoms in total. The lowest BCUT2D eigenvalue weighted by Crippen LogP contribution is -2.50. The van der Waals surface area contributed by atoms with Gasteiger partial charge in [0.1, 0.15) is 0 Å². The number of hydrogen-bond acceptors (Lipinski definition) is 2. The van der Waals surface area contributed by atoms with Crippen molar-refractivity contribution in [2.75, 3.05) is 13.1 Å². The second-order valence-corrected chi connectivity index (χ2v) is 4.27. The molecule has 0 aromatic heterocycles. The van der Waals surface area contributed by atoms with Crippen molar-refractivity contribution in [1.82, 2.24) is 4.90 Å². The molecule has 1 rings (SSSR count). The molecule has 1 aliphatic heterocycles. The Hall–Kier alpha value is -0.520. The van der Waals surface area contributed by atoms with Gasteiger partial charge in [-0.05, 0) is 32.2 Å². The van der Waals surface area contributed by atoms with Crippen LogP contribution in [0.3, 0.4) is 0 Å². The van der Waals surface area contributed by atoms with Gasteiger partial charge in [-0.15, -0.1) is 6.42 Å². The van der Waals surface area contributed by atoms with Gasteiger partial charge < -0.3 is 5.73 Å². The topological polar surface area (TPSA) is 29.3 Å². The molecule has 3 atom stereocenters. The van der Waals surface area contributed by atoms with Gasteiger partial charge in [-0.25, -0.2) is 0 Å². The van der Waals surface area contributed by atoms with Gasteiger partial charge in [-0.3, -0.25) is 4.90 Å². The maximum absolute atomic E-state index is 5.79. The Balaban J connectivity index is 2.57. The molecule has 14 heavy (non-hydrogen) atoms. The summed E-state index contributed by atoms with van der Waals surface area (Å²) in [5.41, 5.74) is 5.79. The van der Waals surface area contributed by atoms with Crippen LogP contribution in [0.2, 0.25) is 0 Å². The van der Waals surface area contributed by atoms with E-state index < -0.39 is 0 Å². The minimum absolute atomic E-state index is 0.237. The van der Waals surface area contributed by atoms with Crippen molar-refractivity contribution < 1.29 is 0 Å². The molecule has 0 saturated carbocycles. The molecule has 1 saturated heterocycles. The fourth-order valence-corrected chi connectivity index (χ4v) is 2.36. The Morgan fingerprint density at radius 3 is 2.86 bits per heavy atom. The zero-order chi connectivity index (χ0) is 10.6. The largest absolute Gasteiger partial charge is 0.329 e. The van der Waals surface area contributed by atoms with Crippen LogP contribution in [0.4, 0.5) is 0 Å². The zero-order valence-corrected chi connectivity index (χ0v) is 9.37. The Morgan fingerprint density at radius 1 is 1.64 bits per heavy atom. The van der Waals surface area contributed by atoms with E-state index in [-0.39, 0.29) is 6.04 Å². The third-order valence-corrected chi connectivity index (χ3v) is 3.46. The molecule has 0 spiro atoms. The lowest BCUT2D eigenvalue weighted by Gasteiger charge is -2.40. The van der Waals surface area contributed by atoms with E-state index in [1.807, 2.05) is 0 Å². The minimum Gasteiger partial charge on any atom is -0.329 e. The quantitative estimate of drug-likeness (QED) is 0.689. The molecular weight excluding hydrogens is 172 g/mol. The zero-order valence-electron chi connectivity index (χ0n) is 9.37. The minimum atomic E-state index is 0.237. The van der Waals surface area contributed by atoms with Crippen LogP contribution in [-0.2, 0) is 0 Å². The lowest BCUT2D eigenvalue weighted by atomic mass is 9.88. The molecule has 3 unspecified atom stereocenters. The molecule has 0 aliphatic carbocycles. The monoisotopic (exact) mass is 194 g/mol. The van der Waals surface area contributed by atoms with Crippen molar-refractivity contribution in [2.24, 2.45) is 11.7 Å². The Kier molecular flexibility index (Phi) is 4.44. The van der Waals surface area contributed by atoms with E-state index in [9.17, 15) is 0 Å². The number of nitrogens with two attached hydrogens (primary N) is 1. The molecule has 2 N–H and O–H groups in total. The van der Waals surface area contributed by atoms with Gasteiger partial charge in [0.05, 0.1) is 6.04 Å². The lowest BCUT2D eigenvalue weighted by molar-refractivity contribution is 0.0985. The predicted octanol–water partition coefficient (Wildman–Crippen LogP) is 1.46. The molecule has 1 fully saturated rings. The number of likely N-dealkylation sites (tertiary alicyclic amines) is 1. The first-order valence-corrected chi connectivity index (χ1v) is 5.64. The van der Waals surface area contributed by atoms with E-state index in [0.717, 1.165) is 19.0 Å². The third kappa shape index (κ3) is 2.50. The summed E-state index contributed by atoms with van der Waals surface area (Å²) < 4.78 is 0. The SMILES string of the molecule is C#CC(C)N1CCC(CC)CC1CN. The Labute approximate surface area is 87.8 Å². The second-order valence-electron chi connectivity index (χ2n) is 4.27. The summed E-state index contributed by atoms with van der Waals surface area (Å²) in [5, 5.41) is 0. The first kappa shape index (κ1) is 11.6. The van der Waals surface area contributed by atoms with Crippen LogP contribution in [0.15, 0.2) is 0 Å². The molecule has 0 amide bonds. The molecule has 2 heteroatoms. The highest BCUT2D eigenvalue weighted by atomic mass is 15.2. The van der Waals surface area contributed by atoms with Gasteiger partial charge >= 0.3 is 0 Å². The average Bonchev–Trinajstić information content (AvgIpc) is 2.27. The van der Waals surface area contributed by atoms with E-state index in [0.29, 0.717) is 6.04 Å². The molecule has 0 aromatic rings. The van der Waals surface area contributed by atoms with Crippen LogP contribution >= 0.6 is 0 Å². The molecule has 1 aliphatic rings. The molecule has 0 radical (unpaired) electrons. The first-order valence-electron chi connectivity index (χ1n) is 5.64. The number of hydrogen-bond donors (Lipinski definition) is 1. The van der Waals surface area contributed by atoms with Crippen LogP contribution in [0.1, 0.15) is 33.1 Å². The standard InChI is InChI=1S/C12H22N2/c1-4-10(3)14-7-6-11(5-2)8-12(14)9-13/h1,10-12H,5-9,13H2,2-3H3. The molecule has 80 valence electrons. The van der Waals surface area contributed by atoms with Crippen LogP contribution in [0, 0.1) is 18.3 Å². The van der Waals surface area contributed by atoms with E-state index >= 15 is 0 Å². The van der Waals surface area contributed by atoms with Crippen molar-refractivity contribution in [2.45, 2.75) is 45.2 Å². The van der Waals surface area contributed by atoms with Gasteiger partial charge in [0, 0.05) is 12.6 Å². The highest BCUT2D eigenvalue weighted by Gasteiger charge is 2.28. The van der Waals surface area contributed by atoms with Gasteiger partial charge in [-0.1, -0.05) is 19.3 Å². The number of piperidine rings is 1. The Bertz CT molecular complexity index is 207. The van der Waals surface area contributed by atoms with Crippen LogP contribution in [0.25, 0.3) is 0 Å². The summed E-state index contributed by atoms with van der Waals surface area (Å²) in [7, 11) is 0. The van der Waals surface area contributed by atoms with Crippen LogP contribution in [0.5, 0.6) is 0 Å². The summed E-state index contributed by atoms with van der Waals surface area (Å²) in [4.78, 5) is 2.38. The van der Waals surface area contributed by atoms with Crippen LogP contribution in [-0.4, -0.2) is 30.1 Å². The summed E-state index contributed by atoms with van der Waals surface area (Å²) in [6.07, 6.45) is 9.23. The number of rotatable bonds is 3. The summed E-state index contributed by atoms with van der Waals surface area (Å²) in [6.45, 7) is 6.21. The fraction of sp³-hybridized carbons (Fsp3) is 0.833. The van der Waals surface area contributed by atoms with Gasteiger partial charge in [0.2, 0.25) is 0 Å². The molecular formula is C12H22N2. The van der Waals surface area contributed by atoms with Gasteiger partial charge in [0.25, 0.3) is 0 Å². The number of terminal acetylenes is 1. The second kappa shape index (κ2) is 5.38. The van der Waals surface area contributed by atoms with E-state index in [4.69, 9.17) is 12.2 Å². The summed E-state index contributed by atoms with van der Waals surface area (Å²) >= 11 is 0. The van der Waals surface area contributed by atoms with Gasteiger partial charge in [-0.2, -0.15) is 0 Å². The normalized spacial score (nSPS) is 31.0. The summed E-state index contributed by atoms with van der Waals surface area (Å²) in [5.74, 6) is 3.65. The van der Waals surface area contributed by atoms with Crippen molar-refractivity contribution >= 4 is 0 Å². The maximum Gasteiger partial charge on any atom is 0.0686 e. The molecule has 0 aromatic carbocycles. The maximum atomic E-state index is 5.79. The highest BCUT2D eigenvalue weighted by molar-refractivity contribution is 5.00. The highest BCUT2D eigenvalue weighted by Crippen LogP contribution is 2.26. The third-order valence-electron chi connectivity index (χ3n) is 3.46. The fourth-order valence-electron chi connectivity index (χ4n) is 2.36.